The van der Waals surface area contributed by atoms with E-state index < -0.39 is 17.7 Å². The first kappa shape index (κ1) is 15.2. The maximum absolute atomic E-state index is 13.8. The van der Waals surface area contributed by atoms with Crippen LogP contribution in [-0.2, 0) is 4.79 Å². The minimum absolute atomic E-state index is 0.180. The number of halogens is 1. The van der Waals surface area contributed by atoms with Gasteiger partial charge in [0.1, 0.15) is 11.5 Å². The van der Waals surface area contributed by atoms with Crippen molar-refractivity contribution in [3.63, 3.8) is 0 Å². The fourth-order valence-corrected chi connectivity index (χ4v) is 2.73. The zero-order chi connectivity index (χ0) is 16.4. The summed E-state index contributed by atoms with van der Waals surface area (Å²) < 4.78 is 15.1. The third-order valence-electron chi connectivity index (χ3n) is 3.97. The monoisotopic (exact) mass is 317 g/mol. The van der Waals surface area contributed by atoms with Gasteiger partial charge in [-0.3, -0.25) is 9.59 Å². The molecule has 1 aromatic carbocycles. The number of benzene rings is 1. The van der Waals surface area contributed by atoms with Crippen LogP contribution in [0.3, 0.4) is 0 Å². The Bertz CT molecular complexity index is 744. The lowest BCUT2D eigenvalue weighted by molar-refractivity contribution is -0.143. The van der Waals surface area contributed by atoms with Gasteiger partial charge in [0.25, 0.3) is 5.91 Å². The van der Waals surface area contributed by atoms with Crippen LogP contribution in [0.4, 0.5) is 4.39 Å². The van der Waals surface area contributed by atoms with Crippen molar-refractivity contribution in [3.05, 3.63) is 48.0 Å². The maximum atomic E-state index is 13.8. The van der Waals surface area contributed by atoms with Crippen molar-refractivity contribution >= 4 is 11.9 Å². The molecule has 6 nitrogen and oxygen atoms in total. The number of piperidine rings is 1. The van der Waals surface area contributed by atoms with Crippen molar-refractivity contribution in [1.82, 2.24) is 14.7 Å². The molecule has 7 heteroatoms. The van der Waals surface area contributed by atoms with E-state index in [9.17, 15) is 14.0 Å². The fourth-order valence-electron chi connectivity index (χ4n) is 2.73. The first-order valence-electron chi connectivity index (χ1n) is 7.39. The Morgan fingerprint density at radius 1 is 1.26 bits per heavy atom. The van der Waals surface area contributed by atoms with Crippen LogP contribution < -0.4 is 0 Å². The average Bonchev–Trinajstić information content (AvgIpc) is 3.04. The summed E-state index contributed by atoms with van der Waals surface area (Å²) in [6.45, 7) is 0.690. The summed E-state index contributed by atoms with van der Waals surface area (Å²) in [5, 5.41) is 13.2. The first-order chi connectivity index (χ1) is 11.1. The van der Waals surface area contributed by atoms with E-state index in [1.54, 1.807) is 18.2 Å². The zero-order valence-electron chi connectivity index (χ0n) is 12.4. The van der Waals surface area contributed by atoms with Gasteiger partial charge in [-0.2, -0.15) is 5.10 Å². The van der Waals surface area contributed by atoms with Gasteiger partial charge in [0, 0.05) is 19.3 Å². The predicted molar refractivity (Wildman–Crippen MR) is 79.8 cm³/mol. The summed E-state index contributed by atoms with van der Waals surface area (Å²) in [4.78, 5) is 25.0. The van der Waals surface area contributed by atoms with Crippen LogP contribution in [0.1, 0.15) is 23.3 Å². The number of carboxylic acids is 1. The van der Waals surface area contributed by atoms with Gasteiger partial charge in [0.2, 0.25) is 0 Å². The number of carbonyl (C=O) groups is 2. The Balaban J connectivity index is 1.79. The molecule has 1 atom stereocenters. The second-order valence-electron chi connectivity index (χ2n) is 5.53. The van der Waals surface area contributed by atoms with Crippen LogP contribution >= 0.6 is 0 Å². The Hall–Kier alpha value is -2.70. The molecule has 0 unspecified atom stereocenters. The quantitative estimate of drug-likeness (QED) is 0.939. The van der Waals surface area contributed by atoms with E-state index in [0.717, 1.165) is 0 Å². The van der Waals surface area contributed by atoms with Gasteiger partial charge in [-0.1, -0.05) is 12.1 Å². The second kappa shape index (κ2) is 6.20. The number of nitrogens with zero attached hydrogens (tertiary/aromatic N) is 3. The van der Waals surface area contributed by atoms with E-state index in [1.165, 1.54) is 27.9 Å². The highest BCUT2D eigenvalue weighted by Crippen LogP contribution is 2.19. The Morgan fingerprint density at radius 2 is 2.04 bits per heavy atom. The molecule has 2 heterocycles. The molecule has 120 valence electrons. The molecule has 1 N–H and O–H groups in total. The van der Waals surface area contributed by atoms with E-state index in [2.05, 4.69) is 5.10 Å². The molecule has 1 aromatic heterocycles. The molecule has 1 aliphatic heterocycles. The van der Waals surface area contributed by atoms with Gasteiger partial charge in [0.05, 0.1) is 5.92 Å². The zero-order valence-corrected chi connectivity index (χ0v) is 12.4. The Labute approximate surface area is 132 Å². The van der Waals surface area contributed by atoms with Gasteiger partial charge >= 0.3 is 5.97 Å². The molecule has 1 amide bonds. The maximum Gasteiger partial charge on any atom is 0.308 e. The lowest BCUT2D eigenvalue weighted by Crippen LogP contribution is -2.42. The number of hydrogen-bond acceptors (Lipinski definition) is 3. The number of aliphatic carboxylic acids is 1. The van der Waals surface area contributed by atoms with Crippen LogP contribution in [0, 0.1) is 11.7 Å². The molecule has 0 bridgehead atoms. The van der Waals surface area contributed by atoms with Crippen molar-refractivity contribution in [2.24, 2.45) is 5.92 Å². The first-order valence-corrected chi connectivity index (χ1v) is 7.39. The predicted octanol–water partition coefficient (Wildman–Crippen LogP) is 1.95. The van der Waals surface area contributed by atoms with E-state index in [-0.39, 0.29) is 23.8 Å². The SMILES string of the molecule is O=C(O)[C@@H]1CCCN(C(=O)c2ccn(-c3ccccc3F)n2)C1. The minimum atomic E-state index is -0.889. The molecule has 0 saturated carbocycles. The van der Waals surface area contributed by atoms with Crippen molar-refractivity contribution < 1.29 is 19.1 Å². The smallest absolute Gasteiger partial charge is 0.308 e. The summed E-state index contributed by atoms with van der Waals surface area (Å²) in [7, 11) is 0. The summed E-state index contributed by atoms with van der Waals surface area (Å²) in [6, 6.07) is 7.66. The number of hydrogen-bond donors (Lipinski definition) is 1. The molecular weight excluding hydrogens is 301 g/mol. The number of carboxylic acid groups (broad SMARTS) is 1. The van der Waals surface area contributed by atoms with Crippen molar-refractivity contribution in [3.8, 4) is 5.69 Å². The number of rotatable bonds is 3. The molecule has 2 aromatic rings. The highest BCUT2D eigenvalue weighted by Gasteiger charge is 2.29. The van der Waals surface area contributed by atoms with Gasteiger partial charge < -0.3 is 10.0 Å². The third-order valence-corrected chi connectivity index (χ3v) is 3.97. The topological polar surface area (TPSA) is 75.4 Å². The summed E-state index contributed by atoms with van der Waals surface area (Å²) in [6.07, 6.45) is 2.74. The van der Waals surface area contributed by atoms with E-state index in [1.807, 2.05) is 0 Å². The molecular formula is C16H16FN3O3. The van der Waals surface area contributed by atoms with Crippen LogP contribution in [0.2, 0.25) is 0 Å². The highest BCUT2D eigenvalue weighted by molar-refractivity contribution is 5.92. The summed E-state index contributed by atoms with van der Waals surface area (Å²) in [5.74, 6) is -2.19. The summed E-state index contributed by atoms with van der Waals surface area (Å²) >= 11 is 0. The average molecular weight is 317 g/mol. The molecule has 3 rings (SSSR count). The highest BCUT2D eigenvalue weighted by atomic mass is 19.1. The van der Waals surface area contributed by atoms with Crippen molar-refractivity contribution in [1.29, 1.82) is 0 Å². The van der Waals surface area contributed by atoms with E-state index in [4.69, 9.17) is 5.11 Å². The van der Waals surface area contributed by atoms with Gasteiger partial charge in [-0.05, 0) is 31.0 Å². The fraction of sp³-hybridized carbons (Fsp3) is 0.312. The number of para-hydroxylation sites is 1. The third kappa shape index (κ3) is 3.08. The molecule has 1 fully saturated rings. The minimum Gasteiger partial charge on any atom is -0.481 e. The van der Waals surface area contributed by atoms with Crippen LogP contribution in [0.5, 0.6) is 0 Å². The Kier molecular flexibility index (Phi) is 4.10. The van der Waals surface area contributed by atoms with Crippen molar-refractivity contribution in [2.45, 2.75) is 12.8 Å². The molecule has 0 aliphatic carbocycles. The van der Waals surface area contributed by atoms with Crippen LogP contribution in [-0.4, -0.2) is 44.8 Å². The molecule has 1 saturated heterocycles. The summed E-state index contributed by atoms with van der Waals surface area (Å²) in [5.41, 5.74) is 0.438. The number of amides is 1. The molecule has 0 radical (unpaired) electrons. The normalized spacial score (nSPS) is 18.0. The van der Waals surface area contributed by atoms with Crippen LogP contribution in [0.25, 0.3) is 5.69 Å². The van der Waals surface area contributed by atoms with Gasteiger partial charge in [-0.25, -0.2) is 9.07 Å². The van der Waals surface area contributed by atoms with Crippen LogP contribution in [0.15, 0.2) is 36.5 Å². The number of carbonyl (C=O) groups excluding carboxylic acids is 1. The number of aromatic nitrogens is 2. The molecule has 0 spiro atoms. The van der Waals surface area contributed by atoms with Gasteiger partial charge in [0.15, 0.2) is 5.69 Å². The van der Waals surface area contributed by atoms with Gasteiger partial charge in [-0.15, -0.1) is 0 Å². The largest absolute Gasteiger partial charge is 0.481 e. The van der Waals surface area contributed by atoms with Crippen molar-refractivity contribution in [2.75, 3.05) is 13.1 Å². The van der Waals surface area contributed by atoms with E-state index in [0.29, 0.717) is 19.4 Å². The molecule has 1 aliphatic rings. The molecule has 23 heavy (non-hydrogen) atoms. The van der Waals surface area contributed by atoms with E-state index >= 15 is 0 Å². The number of likely N-dealkylation sites (tertiary alicyclic amines) is 1. The lowest BCUT2D eigenvalue weighted by atomic mass is 9.98. The second-order valence-corrected chi connectivity index (χ2v) is 5.53. The Morgan fingerprint density at radius 3 is 2.78 bits per heavy atom. The lowest BCUT2D eigenvalue weighted by Gasteiger charge is -2.30. The standard InChI is InChI=1S/C16H16FN3O3/c17-12-5-1-2-6-14(12)20-9-7-13(18-20)15(21)19-8-3-4-11(10-19)16(22)23/h1-2,5-7,9,11H,3-4,8,10H2,(H,22,23)/t11-/m1/s1.